The Morgan fingerprint density at radius 1 is 1.05 bits per heavy atom. The van der Waals surface area contributed by atoms with Crippen LogP contribution in [0.25, 0.3) is 0 Å². The molecule has 3 saturated carbocycles. The molecule has 1 saturated heterocycles. The lowest BCUT2D eigenvalue weighted by Gasteiger charge is -2.59. The van der Waals surface area contributed by atoms with Gasteiger partial charge in [-0.25, -0.2) is 0 Å². The van der Waals surface area contributed by atoms with Crippen molar-refractivity contribution in [1.82, 2.24) is 0 Å². The lowest BCUT2D eigenvalue weighted by atomic mass is 9.49. The van der Waals surface area contributed by atoms with Crippen LogP contribution in [0.4, 0.5) is 13.2 Å². The van der Waals surface area contributed by atoms with E-state index in [9.17, 15) is 18.3 Å². The standard InChI is InChI=1S/C34H44F3NO4/c1-29(2)20-41-32(42-21-29)15-12-27-28-24(11-14-31(27,39)19-32)26-13-16-33(40-4,34(35,36)37)30(26,3)18-25(28)23-9-7-22(8-10-23)6-5-17-38/h7-10,24-26,39H,11-21,38H2,1-4H3/t24?,25?,26?,30?,31-,33+/m1/s1. The quantitative estimate of drug-likeness (QED) is 0.317. The number of halogens is 3. The highest BCUT2D eigenvalue weighted by atomic mass is 19.4. The second-order valence-corrected chi connectivity index (χ2v) is 14.4. The molecule has 3 N–H and O–H groups in total. The van der Waals surface area contributed by atoms with Crippen molar-refractivity contribution in [2.24, 2.45) is 28.4 Å². The third-order valence-electron chi connectivity index (χ3n) is 11.4. The molecule has 0 amide bonds. The topological polar surface area (TPSA) is 73.9 Å². The number of alkyl halides is 3. The van der Waals surface area contributed by atoms with Gasteiger partial charge < -0.3 is 25.1 Å². The van der Waals surface area contributed by atoms with Gasteiger partial charge in [-0.3, -0.25) is 0 Å². The Balaban J connectivity index is 1.45. The molecule has 6 atom stereocenters. The molecule has 4 fully saturated rings. The van der Waals surface area contributed by atoms with Gasteiger partial charge in [0.15, 0.2) is 11.4 Å². The summed E-state index contributed by atoms with van der Waals surface area (Å²) >= 11 is 0. The van der Waals surface area contributed by atoms with Crippen LogP contribution in [0.3, 0.4) is 0 Å². The van der Waals surface area contributed by atoms with Gasteiger partial charge in [-0.2, -0.15) is 13.2 Å². The van der Waals surface area contributed by atoms with Crippen molar-refractivity contribution in [3.05, 3.63) is 46.5 Å². The Morgan fingerprint density at radius 3 is 2.36 bits per heavy atom. The minimum absolute atomic E-state index is 0.0432. The second kappa shape index (κ2) is 10.1. The lowest BCUT2D eigenvalue weighted by molar-refractivity contribution is -0.323. The third-order valence-corrected chi connectivity index (χ3v) is 11.4. The second-order valence-electron chi connectivity index (χ2n) is 14.4. The summed E-state index contributed by atoms with van der Waals surface area (Å²) in [5, 5.41) is 12.3. The Hall–Kier alpha value is -1.89. The maximum absolute atomic E-state index is 14.9. The van der Waals surface area contributed by atoms with E-state index in [0.29, 0.717) is 58.2 Å². The van der Waals surface area contributed by atoms with Gasteiger partial charge >= 0.3 is 6.18 Å². The first kappa shape index (κ1) is 30.1. The van der Waals surface area contributed by atoms with Crippen LogP contribution in [0.2, 0.25) is 0 Å². The lowest BCUT2D eigenvalue weighted by Crippen LogP contribution is -2.61. The first-order chi connectivity index (χ1) is 19.7. The fourth-order valence-corrected chi connectivity index (χ4v) is 9.41. The number of rotatable bonds is 2. The minimum atomic E-state index is -4.49. The Bertz CT molecular complexity index is 1300. The Labute approximate surface area is 247 Å². The first-order valence-corrected chi connectivity index (χ1v) is 15.4. The van der Waals surface area contributed by atoms with E-state index < -0.39 is 28.6 Å². The molecule has 4 aliphatic carbocycles. The summed E-state index contributed by atoms with van der Waals surface area (Å²) in [6, 6.07) is 7.82. The van der Waals surface area contributed by atoms with Gasteiger partial charge in [-0.1, -0.05) is 50.3 Å². The van der Waals surface area contributed by atoms with Gasteiger partial charge in [-0.05, 0) is 73.6 Å². The molecule has 1 heterocycles. The number of methoxy groups -OCH3 is 1. The summed E-state index contributed by atoms with van der Waals surface area (Å²) < 4.78 is 62.9. The summed E-state index contributed by atoms with van der Waals surface area (Å²) in [7, 11) is 1.22. The molecule has 8 heteroatoms. The monoisotopic (exact) mass is 587 g/mol. The van der Waals surface area contributed by atoms with Gasteiger partial charge in [0.2, 0.25) is 0 Å². The average molecular weight is 588 g/mol. The Kier molecular flexibility index (Phi) is 7.23. The number of benzene rings is 1. The van der Waals surface area contributed by atoms with E-state index in [1.54, 1.807) is 6.92 Å². The molecule has 230 valence electrons. The fourth-order valence-electron chi connectivity index (χ4n) is 9.41. The molecule has 0 radical (unpaired) electrons. The number of hydrogen-bond donors (Lipinski definition) is 2. The molecule has 1 aromatic rings. The van der Waals surface area contributed by atoms with E-state index in [0.717, 1.165) is 22.3 Å². The largest absolute Gasteiger partial charge is 0.417 e. The van der Waals surface area contributed by atoms with Gasteiger partial charge in [0.1, 0.15) is 0 Å². The van der Waals surface area contributed by atoms with Crippen molar-refractivity contribution < 1.29 is 32.5 Å². The van der Waals surface area contributed by atoms with Gasteiger partial charge in [0, 0.05) is 42.3 Å². The highest BCUT2D eigenvalue weighted by molar-refractivity contribution is 5.46. The van der Waals surface area contributed by atoms with Crippen LogP contribution >= 0.6 is 0 Å². The van der Waals surface area contributed by atoms with Crippen molar-refractivity contribution >= 4 is 0 Å². The Morgan fingerprint density at radius 2 is 1.74 bits per heavy atom. The van der Waals surface area contributed by atoms with Crippen molar-refractivity contribution in [2.45, 2.75) is 101 Å². The van der Waals surface area contributed by atoms with E-state index in [-0.39, 0.29) is 36.1 Å². The number of aliphatic hydroxyl groups is 1. The van der Waals surface area contributed by atoms with Crippen LogP contribution in [0, 0.1) is 34.5 Å². The van der Waals surface area contributed by atoms with Crippen LogP contribution in [0.15, 0.2) is 35.4 Å². The summed E-state index contributed by atoms with van der Waals surface area (Å²) in [4.78, 5) is 0. The summed E-state index contributed by atoms with van der Waals surface area (Å²) in [5.41, 5.74) is 4.97. The highest BCUT2D eigenvalue weighted by Crippen LogP contribution is 2.71. The molecule has 4 unspecified atom stereocenters. The molecule has 0 bridgehead atoms. The van der Waals surface area contributed by atoms with E-state index in [2.05, 4.69) is 25.7 Å². The minimum Gasteiger partial charge on any atom is -0.385 e. The van der Waals surface area contributed by atoms with E-state index in [4.69, 9.17) is 19.9 Å². The normalized spacial score (nSPS) is 38.7. The molecular weight excluding hydrogens is 543 g/mol. The molecule has 0 aromatic heterocycles. The van der Waals surface area contributed by atoms with Gasteiger partial charge in [0.25, 0.3) is 0 Å². The number of nitrogens with two attached hydrogens (primary N) is 1. The maximum atomic E-state index is 14.9. The van der Waals surface area contributed by atoms with Crippen LogP contribution in [-0.4, -0.2) is 55.1 Å². The molecule has 5 nitrogen and oxygen atoms in total. The molecular formula is C34H44F3NO4. The van der Waals surface area contributed by atoms with E-state index >= 15 is 0 Å². The number of hydrogen-bond acceptors (Lipinski definition) is 5. The summed E-state index contributed by atoms with van der Waals surface area (Å²) in [6.45, 7) is 7.40. The molecule has 42 heavy (non-hydrogen) atoms. The summed E-state index contributed by atoms with van der Waals surface area (Å²) in [6.07, 6.45) is -1.06. The molecule has 5 aliphatic rings. The number of fused-ring (bicyclic) bond motifs is 4. The van der Waals surface area contributed by atoms with Crippen molar-refractivity contribution in [3.63, 3.8) is 0 Å². The predicted molar refractivity (Wildman–Crippen MR) is 153 cm³/mol. The van der Waals surface area contributed by atoms with Crippen LogP contribution < -0.4 is 5.73 Å². The van der Waals surface area contributed by atoms with Crippen LogP contribution in [0.5, 0.6) is 0 Å². The SMILES string of the molecule is CO[C@@]1(C(F)(F)F)CCC2C3CC[C@@]4(O)CC5(CCC4=C3C(c3ccc(C#CCN)cc3)CC21C)OCC(C)(C)CO5. The summed E-state index contributed by atoms with van der Waals surface area (Å²) in [5.74, 6) is 4.58. The fraction of sp³-hybridized carbons (Fsp3) is 0.706. The average Bonchev–Trinajstić information content (AvgIpc) is 3.26. The molecule has 1 spiro atoms. The van der Waals surface area contributed by atoms with Crippen molar-refractivity contribution in [1.29, 1.82) is 0 Å². The molecule has 6 rings (SSSR count). The van der Waals surface area contributed by atoms with Gasteiger partial charge in [0.05, 0.1) is 25.4 Å². The smallest absolute Gasteiger partial charge is 0.385 e. The van der Waals surface area contributed by atoms with Gasteiger partial charge in [-0.15, -0.1) is 0 Å². The first-order valence-electron chi connectivity index (χ1n) is 15.4. The van der Waals surface area contributed by atoms with E-state index in [1.165, 1.54) is 7.11 Å². The zero-order valence-corrected chi connectivity index (χ0v) is 25.2. The molecule has 1 aromatic carbocycles. The molecule has 1 aliphatic heterocycles. The predicted octanol–water partition coefficient (Wildman–Crippen LogP) is 6.24. The van der Waals surface area contributed by atoms with Crippen LogP contribution in [-0.2, 0) is 14.2 Å². The van der Waals surface area contributed by atoms with E-state index in [1.807, 2.05) is 24.3 Å². The third kappa shape index (κ3) is 4.49. The maximum Gasteiger partial charge on any atom is 0.417 e. The van der Waals surface area contributed by atoms with Crippen molar-refractivity contribution in [2.75, 3.05) is 26.9 Å². The number of allylic oxidation sites excluding steroid dienone is 1. The number of ether oxygens (including phenoxy) is 3. The zero-order chi connectivity index (χ0) is 30.2. The highest BCUT2D eigenvalue weighted by Gasteiger charge is 2.74. The van der Waals surface area contributed by atoms with Crippen LogP contribution in [0.1, 0.15) is 89.2 Å². The zero-order valence-electron chi connectivity index (χ0n) is 25.2. The van der Waals surface area contributed by atoms with Crippen molar-refractivity contribution in [3.8, 4) is 11.8 Å².